The minimum absolute atomic E-state index is 0.300. The average molecular weight is 405 g/mol. The largest absolute Gasteiger partial charge is 0.491 e. The third-order valence-corrected chi connectivity index (χ3v) is 6.77. The molecule has 0 saturated carbocycles. The molecule has 0 spiro atoms. The van der Waals surface area contributed by atoms with Crippen molar-refractivity contribution in [2.24, 2.45) is 0 Å². The molecule has 3 rings (SSSR count). The first kappa shape index (κ1) is 20.6. The van der Waals surface area contributed by atoms with Crippen LogP contribution in [0.4, 0.5) is 5.69 Å². The predicted octanol–water partition coefficient (Wildman–Crippen LogP) is 2.92. The fraction of sp³-hybridized carbons (Fsp3) is 0.429. The first-order valence-corrected chi connectivity index (χ1v) is 11.1. The molecule has 6 nitrogen and oxygen atoms in total. The smallest absolute Gasteiger partial charge is 0.243 e. The van der Waals surface area contributed by atoms with Crippen LogP contribution in [0.25, 0.3) is 0 Å². The molecule has 1 fully saturated rings. The van der Waals surface area contributed by atoms with E-state index >= 15 is 0 Å². The van der Waals surface area contributed by atoms with Gasteiger partial charge >= 0.3 is 0 Å². The Kier molecular flexibility index (Phi) is 6.93. The number of piperazine rings is 1. The molecule has 0 aliphatic carbocycles. The summed E-state index contributed by atoms with van der Waals surface area (Å²) in [5, 5.41) is 0. The minimum Gasteiger partial charge on any atom is -0.491 e. The Labute approximate surface area is 167 Å². The maximum Gasteiger partial charge on any atom is 0.243 e. The molecule has 7 heteroatoms. The van der Waals surface area contributed by atoms with Gasteiger partial charge in [0.2, 0.25) is 10.0 Å². The number of hydrogen-bond acceptors (Lipinski definition) is 5. The van der Waals surface area contributed by atoms with Crippen LogP contribution in [0, 0.1) is 6.92 Å². The van der Waals surface area contributed by atoms with E-state index in [4.69, 9.17) is 9.47 Å². The zero-order valence-corrected chi connectivity index (χ0v) is 17.3. The van der Waals surface area contributed by atoms with E-state index in [2.05, 4.69) is 24.0 Å². The molecule has 1 aliphatic rings. The van der Waals surface area contributed by atoms with Crippen molar-refractivity contribution in [3.8, 4) is 5.75 Å². The zero-order chi connectivity index (χ0) is 20.0. The molecule has 152 valence electrons. The number of sulfonamides is 1. The van der Waals surface area contributed by atoms with E-state index in [1.54, 1.807) is 28.6 Å². The van der Waals surface area contributed by atoms with Gasteiger partial charge in [-0.1, -0.05) is 18.2 Å². The van der Waals surface area contributed by atoms with Gasteiger partial charge in [0, 0.05) is 38.5 Å². The highest BCUT2D eigenvalue weighted by molar-refractivity contribution is 7.89. The van der Waals surface area contributed by atoms with Gasteiger partial charge in [-0.25, -0.2) is 8.42 Å². The molecular formula is C21H28N2O4S. The van der Waals surface area contributed by atoms with Gasteiger partial charge in [0.15, 0.2) is 0 Å². The minimum atomic E-state index is -3.50. The van der Waals surface area contributed by atoms with Crippen LogP contribution in [0.15, 0.2) is 53.4 Å². The van der Waals surface area contributed by atoms with Crippen molar-refractivity contribution in [1.82, 2.24) is 4.31 Å². The van der Waals surface area contributed by atoms with Crippen LogP contribution in [-0.4, -0.2) is 58.7 Å². The molecule has 1 heterocycles. The van der Waals surface area contributed by atoms with Gasteiger partial charge in [0.25, 0.3) is 0 Å². The standard InChI is InChI=1S/C21H28N2O4S/c1-3-26-16-17-27-19-8-10-20(11-9-19)28(24,25)23-14-12-22(13-15-23)21-7-5-4-6-18(21)2/h4-11H,3,12-17H2,1-2H3. The van der Waals surface area contributed by atoms with Crippen molar-refractivity contribution in [3.63, 3.8) is 0 Å². The molecule has 0 unspecified atom stereocenters. The Morgan fingerprint density at radius 2 is 1.61 bits per heavy atom. The summed E-state index contributed by atoms with van der Waals surface area (Å²) in [6, 6.07) is 14.8. The molecule has 0 radical (unpaired) electrons. The van der Waals surface area contributed by atoms with Gasteiger partial charge in [-0.2, -0.15) is 4.31 Å². The number of ether oxygens (including phenoxy) is 2. The predicted molar refractivity (Wildman–Crippen MR) is 111 cm³/mol. The van der Waals surface area contributed by atoms with E-state index < -0.39 is 10.0 Å². The molecule has 1 saturated heterocycles. The van der Waals surface area contributed by atoms with Crippen LogP contribution >= 0.6 is 0 Å². The lowest BCUT2D eigenvalue weighted by molar-refractivity contribution is 0.110. The third-order valence-electron chi connectivity index (χ3n) is 4.86. The normalized spacial score (nSPS) is 15.6. The molecule has 28 heavy (non-hydrogen) atoms. The molecule has 0 bridgehead atoms. The van der Waals surface area contributed by atoms with E-state index in [9.17, 15) is 8.42 Å². The summed E-state index contributed by atoms with van der Waals surface area (Å²) in [6.07, 6.45) is 0. The fourth-order valence-corrected chi connectivity index (χ4v) is 4.73. The molecule has 0 amide bonds. The van der Waals surface area contributed by atoms with E-state index in [0.717, 1.165) is 0 Å². The van der Waals surface area contributed by atoms with Gasteiger partial charge in [-0.15, -0.1) is 0 Å². The highest BCUT2D eigenvalue weighted by Gasteiger charge is 2.28. The lowest BCUT2D eigenvalue weighted by atomic mass is 10.1. The lowest BCUT2D eigenvalue weighted by Crippen LogP contribution is -2.48. The van der Waals surface area contributed by atoms with Crippen molar-refractivity contribution in [3.05, 3.63) is 54.1 Å². The maximum atomic E-state index is 13.0. The molecule has 2 aromatic rings. The maximum absolute atomic E-state index is 13.0. The summed E-state index contributed by atoms with van der Waals surface area (Å²) >= 11 is 0. The van der Waals surface area contributed by atoms with Crippen LogP contribution in [-0.2, 0) is 14.8 Å². The van der Waals surface area contributed by atoms with Crippen molar-refractivity contribution >= 4 is 15.7 Å². The van der Waals surface area contributed by atoms with Crippen molar-refractivity contribution < 1.29 is 17.9 Å². The van der Waals surface area contributed by atoms with Crippen LogP contribution in [0.2, 0.25) is 0 Å². The number of para-hydroxylation sites is 1. The van der Waals surface area contributed by atoms with Crippen LogP contribution in [0.3, 0.4) is 0 Å². The SMILES string of the molecule is CCOCCOc1ccc(S(=O)(=O)N2CCN(c3ccccc3C)CC2)cc1. The second-order valence-corrected chi connectivity index (χ2v) is 8.63. The second kappa shape index (κ2) is 9.41. The molecule has 0 aromatic heterocycles. The number of anilines is 1. The van der Waals surface area contributed by atoms with Gasteiger partial charge in [-0.05, 0) is 49.7 Å². The number of hydrogen-bond donors (Lipinski definition) is 0. The zero-order valence-electron chi connectivity index (χ0n) is 16.5. The number of benzene rings is 2. The monoisotopic (exact) mass is 404 g/mol. The van der Waals surface area contributed by atoms with E-state index in [-0.39, 0.29) is 0 Å². The molecule has 0 atom stereocenters. The van der Waals surface area contributed by atoms with Gasteiger partial charge in [0.1, 0.15) is 12.4 Å². The summed E-state index contributed by atoms with van der Waals surface area (Å²) < 4.78 is 38.3. The summed E-state index contributed by atoms with van der Waals surface area (Å²) in [6.45, 7) is 7.94. The Hall–Kier alpha value is -2.09. The summed E-state index contributed by atoms with van der Waals surface area (Å²) in [5.74, 6) is 0.642. The third kappa shape index (κ3) is 4.84. The molecule has 0 N–H and O–H groups in total. The molecule has 1 aliphatic heterocycles. The Balaban J connectivity index is 1.60. The topological polar surface area (TPSA) is 59.1 Å². The Bertz CT molecular complexity index is 860. The first-order chi connectivity index (χ1) is 13.5. The number of nitrogens with zero attached hydrogens (tertiary/aromatic N) is 2. The molecule has 2 aromatic carbocycles. The quantitative estimate of drug-likeness (QED) is 0.633. The van der Waals surface area contributed by atoms with E-state index in [0.29, 0.717) is 56.6 Å². The van der Waals surface area contributed by atoms with Crippen molar-refractivity contribution in [2.75, 3.05) is 50.9 Å². The first-order valence-electron chi connectivity index (χ1n) is 9.63. The number of aryl methyl sites for hydroxylation is 1. The second-order valence-electron chi connectivity index (χ2n) is 6.69. The average Bonchev–Trinajstić information content (AvgIpc) is 2.72. The fourth-order valence-electron chi connectivity index (χ4n) is 3.31. The summed E-state index contributed by atoms with van der Waals surface area (Å²) in [4.78, 5) is 2.55. The van der Waals surface area contributed by atoms with E-state index in [1.807, 2.05) is 19.1 Å². The van der Waals surface area contributed by atoms with Crippen LogP contribution in [0.5, 0.6) is 5.75 Å². The van der Waals surface area contributed by atoms with Crippen molar-refractivity contribution in [1.29, 1.82) is 0 Å². The Morgan fingerprint density at radius 1 is 0.929 bits per heavy atom. The Morgan fingerprint density at radius 3 is 2.25 bits per heavy atom. The highest BCUT2D eigenvalue weighted by atomic mass is 32.2. The van der Waals surface area contributed by atoms with Gasteiger partial charge in [0.05, 0.1) is 11.5 Å². The highest BCUT2D eigenvalue weighted by Crippen LogP contribution is 2.24. The van der Waals surface area contributed by atoms with E-state index in [1.165, 1.54) is 11.3 Å². The lowest BCUT2D eigenvalue weighted by Gasteiger charge is -2.36. The molecular weight excluding hydrogens is 376 g/mol. The summed E-state index contributed by atoms with van der Waals surface area (Å²) in [7, 11) is -3.50. The van der Waals surface area contributed by atoms with Crippen LogP contribution in [0.1, 0.15) is 12.5 Å². The summed E-state index contributed by atoms with van der Waals surface area (Å²) in [5.41, 5.74) is 2.38. The van der Waals surface area contributed by atoms with Crippen molar-refractivity contribution in [2.45, 2.75) is 18.7 Å². The van der Waals surface area contributed by atoms with Gasteiger partial charge < -0.3 is 14.4 Å². The van der Waals surface area contributed by atoms with Gasteiger partial charge in [-0.3, -0.25) is 0 Å². The van der Waals surface area contributed by atoms with Crippen LogP contribution < -0.4 is 9.64 Å². The number of rotatable bonds is 8.